The second-order valence-electron chi connectivity index (χ2n) is 4.31. The van der Waals surface area contributed by atoms with E-state index in [9.17, 15) is 8.42 Å². The minimum Gasteiger partial charge on any atom is -0.219 e. The third-order valence-corrected chi connectivity index (χ3v) is 4.76. The highest BCUT2D eigenvalue weighted by Crippen LogP contribution is 2.21. The lowest BCUT2D eigenvalue weighted by molar-refractivity contribution is 0.596. The molecular weight excluding hydrogens is 292 g/mol. The summed E-state index contributed by atoms with van der Waals surface area (Å²) in [5.41, 5.74) is 2.19. The van der Waals surface area contributed by atoms with E-state index in [0.29, 0.717) is 9.79 Å². The molecule has 2 aromatic carbocycles. The Morgan fingerprint density at radius 1 is 0.727 bits per heavy atom. The fourth-order valence-electron chi connectivity index (χ4n) is 1.76. The molecule has 0 radical (unpaired) electrons. The molecule has 0 aliphatic carbocycles. The van der Waals surface area contributed by atoms with Crippen molar-refractivity contribution < 1.29 is 8.42 Å². The molecule has 3 heteroatoms. The van der Waals surface area contributed by atoms with Gasteiger partial charge < -0.3 is 0 Å². The molecule has 0 heterocycles. The Morgan fingerprint density at radius 2 is 1.09 bits per heavy atom. The van der Waals surface area contributed by atoms with Crippen LogP contribution in [-0.2, 0) is 16.3 Å². The zero-order valence-electron chi connectivity index (χ0n) is 14.6. The van der Waals surface area contributed by atoms with Crippen LogP contribution in [0.2, 0.25) is 0 Å². The molecule has 0 fully saturated rings. The monoisotopic (exact) mass is 320 g/mol. The third kappa shape index (κ3) is 5.30. The van der Waals surface area contributed by atoms with Crippen molar-refractivity contribution in [2.45, 2.75) is 57.8 Å². The smallest absolute Gasteiger partial charge is 0.206 e. The largest absolute Gasteiger partial charge is 0.219 e. The minimum atomic E-state index is -3.38. The van der Waals surface area contributed by atoms with Crippen LogP contribution in [0.15, 0.2) is 58.3 Å². The van der Waals surface area contributed by atoms with Crippen molar-refractivity contribution in [1.29, 1.82) is 0 Å². The molecule has 0 saturated carbocycles. The molecule has 2 nitrogen and oxygen atoms in total. The normalized spacial score (nSPS) is 9.91. The quantitative estimate of drug-likeness (QED) is 0.754. The van der Waals surface area contributed by atoms with E-state index in [1.807, 2.05) is 65.8 Å². The lowest BCUT2D eigenvalue weighted by Gasteiger charge is -2.05. The Bertz CT molecular complexity index is 624. The van der Waals surface area contributed by atoms with Crippen LogP contribution >= 0.6 is 0 Å². The molecular formula is C19H28O2S. The summed E-state index contributed by atoms with van der Waals surface area (Å²) in [4.78, 5) is 0.695. The van der Waals surface area contributed by atoms with E-state index in [4.69, 9.17) is 0 Å². The molecule has 22 heavy (non-hydrogen) atoms. The van der Waals surface area contributed by atoms with Crippen molar-refractivity contribution in [1.82, 2.24) is 0 Å². The lowest BCUT2D eigenvalue weighted by Crippen LogP contribution is -2.02. The van der Waals surface area contributed by atoms with Gasteiger partial charge in [-0.1, -0.05) is 64.4 Å². The van der Waals surface area contributed by atoms with Gasteiger partial charge in [-0.25, -0.2) is 8.42 Å². The van der Waals surface area contributed by atoms with Crippen molar-refractivity contribution in [3.63, 3.8) is 0 Å². The van der Waals surface area contributed by atoms with Crippen LogP contribution in [0.3, 0.4) is 0 Å². The fourth-order valence-corrected chi connectivity index (χ4v) is 3.02. The zero-order chi connectivity index (χ0) is 17.2. The average molecular weight is 320 g/mol. The number of sulfone groups is 1. The van der Waals surface area contributed by atoms with E-state index < -0.39 is 9.84 Å². The first kappa shape index (κ1) is 20.4. The first-order chi connectivity index (χ1) is 10.5. The Balaban J connectivity index is 0.00000102. The zero-order valence-corrected chi connectivity index (χ0v) is 15.4. The lowest BCUT2D eigenvalue weighted by atomic mass is 10.2. The van der Waals surface area contributed by atoms with Crippen molar-refractivity contribution in [2.24, 2.45) is 0 Å². The van der Waals surface area contributed by atoms with Gasteiger partial charge in [-0.05, 0) is 43.2 Å². The van der Waals surface area contributed by atoms with Gasteiger partial charge in [0.2, 0.25) is 9.84 Å². The van der Waals surface area contributed by atoms with Gasteiger partial charge in [-0.2, -0.15) is 0 Å². The fraction of sp³-hybridized carbons (Fsp3) is 0.368. The Kier molecular flexibility index (Phi) is 9.43. The highest BCUT2D eigenvalue weighted by atomic mass is 32.2. The van der Waals surface area contributed by atoms with Gasteiger partial charge >= 0.3 is 0 Å². The van der Waals surface area contributed by atoms with Gasteiger partial charge in [0.1, 0.15) is 0 Å². The SMILES string of the molecule is CC.CC.CCc1ccc(S(=O)(=O)c2ccc(C)cc2)cc1. The van der Waals surface area contributed by atoms with Crippen LogP contribution in [0.1, 0.15) is 45.7 Å². The Labute approximate surface area is 136 Å². The number of aryl methyl sites for hydroxylation is 2. The minimum absolute atomic E-state index is 0.345. The highest BCUT2D eigenvalue weighted by molar-refractivity contribution is 7.91. The van der Waals surface area contributed by atoms with Gasteiger partial charge in [0.05, 0.1) is 9.79 Å². The van der Waals surface area contributed by atoms with Gasteiger partial charge in [0.15, 0.2) is 0 Å². The van der Waals surface area contributed by atoms with Crippen LogP contribution in [-0.4, -0.2) is 8.42 Å². The summed E-state index contributed by atoms with van der Waals surface area (Å²) in [5, 5.41) is 0. The Morgan fingerprint density at radius 3 is 1.45 bits per heavy atom. The Hall–Kier alpha value is -1.61. The molecule has 0 amide bonds. The van der Waals surface area contributed by atoms with Crippen LogP contribution in [0.4, 0.5) is 0 Å². The summed E-state index contributed by atoms with van der Waals surface area (Å²) < 4.78 is 24.7. The summed E-state index contributed by atoms with van der Waals surface area (Å²) in [7, 11) is -3.38. The average Bonchev–Trinajstić information content (AvgIpc) is 2.59. The molecule has 0 N–H and O–H groups in total. The van der Waals surface area contributed by atoms with Crippen molar-refractivity contribution in [2.75, 3.05) is 0 Å². The maximum Gasteiger partial charge on any atom is 0.206 e. The van der Waals surface area contributed by atoms with E-state index in [1.54, 1.807) is 24.3 Å². The van der Waals surface area contributed by atoms with E-state index in [2.05, 4.69) is 0 Å². The second kappa shape index (κ2) is 10.2. The number of rotatable bonds is 3. The van der Waals surface area contributed by atoms with Crippen molar-refractivity contribution in [3.8, 4) is 0 Å². The molecule has 2 aromatic rings. The molecule has 0 aliphatic heterocycles. The highest BCUT2D eigenvalue weighted by Gasteiger charge is 2.16. The summed E-state index contributed by atoms with van der Waals surface area (Å²) in [5.74, 6) is 0. The molecule has 0 bridgehead atoms. The first-order valence-electron chi connectivity index (χ1n) is 7.94. The van der Waals surface area contributed by atoms with Crippen molar-refractivity contribution in [3.05, 3.63) is 59.7 Å². The van der Waals surface area contributed by atoms with E-state index in [1.165, 1.54) is 0 Å². The van der Waals surface area contributed by atoms with E-state index >= 15 is 0 Å². The summed E-state index contributed by atoms with van der Waals surface area (Å²) in [6.45, 7) is 12.0. The predicted octanol–water partition coefficient (Wildman–Crippen LogP) is 5.44. The van der Waals surface area contributed by atoms with Crippen molar-refractivity contribution >= 4 is 9.84 Å². The molecule has 0 aromatic heterocycles. The molecule has 0 atom stereocenters. The number of hydrogen-bond donors (Lipinski definition) is 0. The molecule has 0 aliphatic rings. The van der Waals surface area contributed by atoms with Crippen LogP contribution in [0.25, 0.3) is 0 Å². The van der Waals surface area contributed by atoms with Gasteiger partial charge in [0, 0.05) is 0 Å². The predicted molar refractivity (Wildman–Crippen MR) is 95.1 cm³/mol. The summed E-state index contributed by atoms with van der Waals surface area (Å²) in [6.07, 6.45) is 0.908. The first-order valence-corrected chi connectivity index (χ1v) is 9.43. The third-order valence-electron chi connectivity index (χ3n) is 2.97. The van der Waals surface area contributed by atoms with Crippen LogP contribution in [0.5, 0.6) is 0 Å². The van der Waals surface area contributed by atoms with Gasteiger partial charge in [0.25, 0.3) is 0 Å². The molecule has 0 unspecified atom stereocenters. The summed E-state index contributed by atoms with van der Waals surface area (Å²) >= 11 is 0. The molecule has 0 saturated heterocycles. The number of hydrogen-bond acceptors (Lipinski definition) is 2. The second-order valence-corrected chi connectivity index (χ2v) is 6.26. The topological polar surface area (TPSA) is 34.1 Å². The van der Waals surface area contributed by atoms with E-state index in [0.717, 1.165) is 17.5 Å². The van der Waals surface area contributed by atoms with Gasteiger partial charge in [-0.3, -0.25) is 0 Å². The van der Waals surface area contributed by atoms with Crippen LogP contribution < -0.4 is 0 Å². The molecule has 0 spiro atoms. The van der Waals surface area contributed by atoms with Gasteiger partial charge in [-0.15, -0.1) is 0 Å². The number of benzene rings is 2. The van der Waals surface area contributed by atoms with Crippen LogP contribution in [0, 0.1) is 6.92 Å². The molecule has 2 rings (SSSR count). The standard InChI is InChI=1S/C15H16O2S.2C2H6/c1-3-13-6-10-15(11-7-13)18(16,17)14-8-4-12(2)5-9-14;2*1-2/h4-11H,3H2,1-2H3;2*1-2H3. The maximum absolute atomic E-state index is 12.3. The maximum atomic E-state index is 12.3. The molecule has 122 valence electrons. The van der Waals surface area contributed by atoms with E-state index in [-0.39, 0.29) is 0 Å². The summed E-state index contributed by atoms with van der Waals surface area (Å²) in [6, 6.07) is 14.0.